The number of benzene rings is 1. The first-order valence-electron chi connectivity index (χ1n) is 6.58. The molecular formula is C15H20ClN3. The summed E-state index contributed by atoms with van der Waals surface area (Å²) in [5.74, 6) is 0.393. The highest BCUT2D eigenvalue weighted by molar-refractivity contribution is 6.31. The number of aromatic nitrogens is 2. The second kappa shape index (κ2) is 5.76. The van der Waals surface area contributed by atoms with Crippen LogP contribution in [0.25, 0.3) is 5.69 Å². The fraction of sp³-hybridized carbons (Fsp3) is 0.400. The van der Waals surface area contributed by atoms with Gasteiger partial charge in [-0.05, 0) is 49.1 Å². The van der Waals surface area contributed by atoms with E-state index in [4.69, 9.17) is 17.3 Å². The maximum atomic E-state index is 6.20. The normalized spacial score (nSPS) is 11.3. The Bertz CT molecular complexity index is 573. The Hall–Kier alpha value is -1.32. The van der Waals surface area contributed by atoms with E-state index in [0.29, 0.717) is 12.5 Å². The molecule has 0 aliphatic heterocycles. The number of hydrogen-bond donors (Lipinski definition) is 1. The second-order valence-electron chi connectivity index (χ2n) is 5.09. The third kappa shape index (κ3) is 2.82. The van der Waals surface area contributed by atoms with Gasteiger partial charge in [0.25, 0.3) is 0 Å². The fourth-order valence-corrected chi connectivity index (χ4v) is 2.45. The van der Waals surface area contributed by atoms with Crippen LogP contribution in [0.2, 0.25) is 5.02 Å². The van der Waals surface area contributed by atoms with Crippen LogP contribution >= 0.6 is 11.6 Å². The first-order valence-corrected chi connectivity index (χ1v) is 6.95. The lowest BCUT2D eigenvalue weighted by atomic mass is 10.0. The van der Waals surface area contributed by atoms with Gasteiger partial charge in [0.05, 0.1) is 17.6 Å². The smallest absolute Gasteiger partial charge is 0.0664 e. The highest BCUT2D eigenvalue weighted by atomic mass is 35.5. The Morgan fingerprint density at radius 2 is 2.11 bits per heavy atom. The molecule has 0 aliphatic rings. The summed E-state index contributed by atoms with van der Waals surface area (Å²) in [5.41, 5.74) is 10.2. The van der Waals surface area contributed by atoms with E-state index in [9.17, 15) is 0 Å². The summed E-state index contributed by atoms with van der Waals surface area (Å²) in [6.07, 6.45) is 2.77. The number of rotatable bonds is 4. The molecule has 0 unspecified atom stereocenters. The van der Waals surface area contributed by atoms with Gasteiger partial charge in [-0.3, -0.25) is 0 Å². The Labute approximate surface area is 119 Å². The lowest BCUT2D eigenvalue weighted by Gasteiger charge is -2.13. The third-order valence-electron chi connectivity index (χ3n) is 3.25. The number of nitrogens with zero attached hydrogens (tertiary/aromatic N) is 2. The van der Waals surface area contributed by atoms with Gasteiger partial charge in [0.1, 0.15) is 0 Å². The number of halogens is 1. The minimum absolute atomic E-state index is 0.393. The molecule has 3 nitrogen and oxygen atoms in total. The van der Waals surface area contributed by atoms with Crippen molar-refractivity contribution in [3.05, 3.63) is 46.2 Å². The zero-order chi connectivity index (χ0) is 14.0. The van der Waals surface area contributed by atoms with Gasteiger partial charge < -0.3 is 5.73 Å². The van der Waals surface area contributed by atoms with Gasteiger partial charge in [-0.25, -0.2) is 4.68 Å². The largest absolute Gasteiger partial charge is 0.330 e. The van der Waals surface area contributed by atoms with E-state index >= 15 is 0 Å². The van der Waals surface area contributed by atoms with E-state index in [0.717, 1.165) is 22.7 Å². The Morgan fingerprint density at radius 1 is 1.37 bits per heavy atom. The molecule has 19 heavy (non-hydrogen) atoms. The van der Waals surface area contributed by atoms with Crippen molar-refractivity contribution in [2.75, 3.05) is 6.54 Å². The van der Waals surface area contributed by atoms with Crippen molar-refractivity contribution >= 4 is 11.6 Å². The molecule has 0 atom stereocenters. The predicted octanol–water partition coefficient (Wildman–Crippen LogP) is 3.46. The molecule has 1 aromatic heterocycles. The van der Waals surface area contributed by atoms with Crippen LogP contribution in [0, 0.1) is 6.92 Å². The van der Waals surface area contributed by atoms with Gasteiger partial charge in [0, 0.05) is 5.02 Å². The lowest BCUT2D eigenvalue weighted by Crippen LogP contribution is -2.08. The van der Waals surface area contributed by atoms with Gasteiger partial charge in [0.15, 0.2) is 0 Å². The fourth-order valence-electron chi connectivity index (χ4n) is 2.27. The van der Waals surface area contributed by atoms with E-state index in [-0.39, 0.29) is 0 Å². The maximum absolute atomic E-state index is 6.20. The summed E-state index contributed by atoms with van der Waals surface area (Å²) < 4.78 is 1.97. The van der Waals surface area contributed by atoms with Gasteiger partial charge in [-0.2, -0.15) is 5.10 Å². The van der Waals surface area contributed by atoms with Crippen LogP contribution in [0.3, 0.4) is 0 Å². The first kappa shape index (κ1) is 14.1. The van der Waals surface area contributed by atoms with Crippen molar-refractivity contribution in [1.29, 1.82) is 0 Å². The molecular weight excluding hydrogens is 258 g/mol. The topological polar surface area (TPSA) is 43.8 Å². The molecule has 0 amide bonds. The van der Waals surface area contributed by atoms with Gasteiger partial charge in [0.2, 0.25) is 0 Å². The zero-order valence-corrected chi connectivity index (χ0v) is 12.4. The van der Waals surface area contributed by atoms with E-state index < -0.39 is 0 Å². The van der Waals surface area contributed by atoms with Crippen LogP contribution in [-0.2, 0) is 6.42 Å². The van der Waals surface area contributed by atoms with Crippen molar-refractivity contribution < 1.29 is 0 Å². The molecule has 102 valence electrons. The molecule has 1 aromatic carbocycles. The zero-order valence-electron chi connectivity index (χ0n) is 11.7. The molecule has 0 aliphatic carbocycles. The van der Waals surface area contributed by atoms with Crippen molar-refractivity contribution in [3.8, 4) is 5.69 Å². The molecule has 0 saturated carbocycles. The number of aryl methyl sites for hydroxylation is 1. The van der Waals surface area contributed by atoms with Gasteiger partial charge in [-0.15, -0.1) is 0 Å². The molecule has 0 saturated heterocycles. The monoisotopic (exact) mass is 277 g/mol. The van der Waals surface area contributed by atoms with Crippen LogP contribution in [-0.4, -0.2) is 16.3 Å². The van der Waals surface area contributed by atoms with Crippen molar-refractivity contribution in [1.82, 2.24) is 9.78 Å². The highest BCUT2D eigenvalue weighted by Gasteiger charge is 2.15. The average Bonchev–Trinajstić information content (AvgIpc) is 2.77. The van der Waals surface area contributed by atoms with Crippen molar-refractivity contribution in [3.63, 3.8) is 0 Å². The standard InChI is InChI=1S/C15H20ClN3/c1-10(2)15-12(6-7-17)9-18-19(15)13-5-4-11(3)14(16)8-13/h4-5,8-10H,6-7,17H2,1-3H3. The van der Waals surface area contributed by atoms with E-state index in [1.54, 1.807) is 0 Å². The molecule has 1 heterocycles. The summed E-state index contributed by atoms with van der Waals surface area (Å²) >= 11 is 6.20. The molecule has 4 heteroatoms. The quantitative estimate of drug-likeness (QED) is 0.930. The van der Waals surface area contributed by atoms with Crippen molar-refractivity contribution in [2.45, 2.75) is 33.1 Å². The Kier molecular flexibility index (Phi) is 4.27. The summed E-state index contributed by atoms with van der Waals surface area (Å²) in [6.45, 7) is 6.98. The third-order valence-corrected chi connectivity index (χ3v) is 3.65. The average molecular weight is 278 g/mol. The van der Waals surface area contributed by atoms with Crippen LogP contribution in [0.5, 0.6) is 0 Å². The summed E-state index contributed by atoms with van der Waals surface area (Å²) in [5, 5.41) is 5.27. The Balaban J connectivity index is 2.52. The van der Waals surface area contributed by atoms with Crippen LogP contribution in [0.1, 0.15) is 36.6 Å². The molecule has 0 spiro atoms. The molecule has 2 rings (SSSR count). The van der Waals surface area contributed by atoms with E-state index in [2.05, 4.69) is 18.9 Å². The van der Waals surface area contributed by atoms with Crippen LogP contribution in [0.4, 0.5) is 0 Å². The van der Waals surface area contributed by atoms with Gasteiger partial charge >= 0.3 is 0 Å². The minimum atomic E-state index is 0.393. The van der Waals surface area contributed by atoms with E-state index in [1.165, 1.54) is 11.3 Å². The van der Waals surface area contributed by atoms with Crippen molar-refractivity contribution in [2.24, 2.45) is 5.73 Å². The maximum Gasteiger partial charge on any atom is 0.0664 e. The highest BCUT2D eigenvalue weighted by Crippen LogP contribution is 2.25. The summed E-state index contributed by atoms with van der Waals surface area (Å²) in [7, 11) is 0. The van der Waals surface area contributed by atoms with Crippen LogP contribution in [0.15, 0.2) is 24.4 Å². The molecule has 2 N–H and O–H groups in total. The molecule has 0 fully saturated rings. The first-order chi connectivity index (χ1) is 9.04. The van der Waals surface area contributed by atoms with E-state index in [1.807, 2.05) is 36.0 Å². The minimum Gasteiger partial charge on any atom is -0.330 e. The summed E-state index contributed by atoms with van der Waals surface area (Å²) in [4.78, 5) is 0. The predicted molar refractivity (Wildman–Crippen MR) is 80.2 cm³/mol. The number of hydrogen-bond acceptors (Lipinski definition) is 2. The molecule has 0 bridgehead atoms. The van der Waals surface area contributed by atoms with Crippen LogP contribution < -0.4 is 5.73 Å². The molecule has 0 radical (unpaired) electrons. The lowest BCUT2D eigenvalue weighted by molar-refractivity contribution is 0.724. The summed E-state index contributed by atoms with van der Waals surface area (Å²) in [6, 6.07) is 6.03. The SMILES string of the molecule is Cc1ccc(-n2ncc(CCN)c2C(C)C)cc1Cl. The molecule has 2 aromatic rings. The Morgan fingerprint density at radius 3 is 2.68 bits per heavy atom. The second-order valence-corrected chi connectivity index (χ2v) is 5.50. The number of nitrogens with two attached hydrogens (primary N) is 1. The van der Waals surface area contributed by atoms with Gasteiger partial charge in [-0.1, -0.05) is 31.5 Å².